The predicted octanol–water partition coefficient (Wildman–Crippen LogP) is 3.25. The number of rotatable bonds is 7. The number of nitrogens with one attached hydrogen (secondary N) is 2. The monoisotopic (exact) mass is 429 g/mol. The Kier molecular flexibility index (Phi) is 7.23. The standard InChI is InChI=1S/C22H27N3O4S/c1-2-13-23-22(27)19-11-4-5-12-20(19)24-21(26)17-9-8-10-18(16-17)30(28,29)25-14-6-3-7-15-25/h4-5,8-12,16H,2-3,6-7,13-15H2,1H3,(H,23,27)(H,24,26). The van der Waals surface area contributed by atoms with Crippen LogP contribution in [-0.4, -0.2) is 44.2 Å². The first-order valence-corrected chi connectivity index (χ1v) is 11.7. The fourth-order valence-electron chi connectivity index (χ4n) is 3.37. The molecule has 160 valence electrons. The van der Waals surface area contributed by atoms with Gasteiger partial charge in [-0.05, 0) is 49.6 Å². The maximum Gasteiger partial charge on any atom is 0.255 e. The lowest BCUT2D eigenvalue weighted by Gasteiger charge is -2.26. The van der Waals surface area contributed by atoms with Crippen LogP contribution in [0.25, 0.3) is 0 Å². The number of para-hydroxylation sites is 1. The van der Waals surface area contributed by atoms with Crippen molar-refractivity contribution in [3.8, 4) is 0 Å². The van der Waals surface area contributed by atoms with Gasteiger partial charge in [0.05, 0.1) is 16.1 Å². The summed E-state index contributed by atoms with van der Waals surface area (Å²) >= 11 is 0. The van der Waals surface area contributed by atoms with Crippen LogP contribution in [0.15, 0.2) is 53.4 Å². The van der Waals surface area contributed by atoms with E-state index in [0.29, 0.717) is 30.9 Å². The van der Waals surface area contributed by atoms with Crippen molar-refractivity contribution in [1.82, 2.24) is 9.62 Å². The number of amides is 2. The number of carbonyl (C=O) groups excluding carboxylic acids is 2. The summed E-state index contributed by atoms with van der Waals surface area (Å²) in [5.41, 5.74) is 0.952. The largest absolute Gasteiger partial charge is 0.352 e. The Morgan fingerprint density at radius 2 is 1.70 bits per heavy atom. The first kappa shape index (κ1) is 22.0. The number of sulfonamides is 1. The highest BCUT2D eigenvalue weighted by molar-refractivity contribution is 7.89. The number of hydrogen-bond donors (Lipinski definition) is 2. The van der Waals surface area contributed by atoms with Crippen molar-refractivity contribution >= 4 is 27.5 Å². The summed E-state index contributed by atoms with van der Waals surface area (Å²) in [6.45, 7) is 3.49. The van der Waals surface area contributed by atoms with Crippen LogP contribution in [0.3, 0.4) is 0 Å². The molecule has 1 saturated heterocycles. The average molecular weight is 430 g/mol. The molecule has 1 aliphatic heterocycles. The van der Waals surface area contributed by atoms with Crippen molar-refractivity contribution in [2.75, 3.05) is 25.0 Å². The van der Waals surface area contributed by atoms with Gasteiger partial charge in [0, 0.05) is 25.2 Å². The smallest absolute Gasteiger partial charge is 0.255 e. The van der Waals surface area contributed by atoms with Gasteiger partial charge >= 0.3 is 0 Å². The molecular weight excluding hydrogens is 402 g/mol. The van der Waals surface area contributed by atoms with Gasteiger partial charge in [0.15, 0.2) is 0 Å². The van der Waals surface area contributed by atoms with Crippen molar-refractivity contribution in [3.63, 3.8) is 0 Å². The lowest BCUT2D eigenvalue weighted by atomic mass is 10.1. The van der Waals surface area contributed by atoms with Crippen molar-refractivity contribution in [1.29, 1.82) is 0 Å². The van der Waals surface area contributed by atoms with E-state index in [1.165, 1.54) is 16.4 Å². The highest BCUT2D eigenvalue weighted by atomic mass is 32.2. The molecule has 0 spiro atoms. The third kappa shape index (κ3) is 5.06. The molecule has 1 aliphatic rings. The maximum atomic E-state index is 12.9. The minimum absolute atomic E-state index is 0.103. The Morgan fingerprint density at radius 1 is 0.967 bits per heavy atom. The lowest BCUT2D eigenvalue weighted by molar-refractivity contribution is 0.0954. The molecule has 2 aromatic rings. The van der Waals surface area contributed by atoms with E-state index in [2.05, 4.69) is 10.6 Å². The third-order valence-corrected chi connectivity index (χ3v) is 6.90. The van der Waals surface area contributed by atoms with Crippen molar-refractivity contribution in [3.05, 3.63) is 59.7 Å². The number of nitrogens with zero attached hydrogens (tertiary/aromatic N) is 1. The zero-order valence-corrected chi connectivity index (χ0v) is 17.9. The summed E-state index contributed by atoms with van der Waals surface area (Å²) in [6.07, 6.45) is 3.52. The van der Waals surface area contributed by atoms with Gasteiger partial charge in [0.25, 0.3) is 11.8 Å². The van der Waals surface area contributed by atoms with Gasteiger partial charge in [-0.15, -0.1) is 0 Å². The summed E-state index contributed by atoms with van der Waals surface area (Å²) in [5, 5.41) is 5.53. The highest BCUT2D eigenvalue weighted by Gasteiger charge is 2.26. The molecule has 7 nitrogen and oxygen atoms in total. The Labute approximate surface area is 177 Å². The Bertz CT molecular complexity index is 1010. The van der Waals surface area contributed by atoms with E-state index < -0.39 is 15.9 Å². The fourth-order valence-corrected chi connectivity index (χ4v) is 4.93. The highest BCUT2D eigenvalue weighted by Crippen LogP contribution is 2.22. The van der Waals surface area contributed by atoms with Crippen LogP contribution in [-0.2, 0) is 10.0 Å². The molecule has 0 saturated carbocycles. The van der Waals surface area contributed by atoms with E-state index in [1.807, 2.05) is 6.92 Å². The minimum atomic E-state index is -3.63. The van der Waals surface area contributed by atoms with Gasteiger partial charge in [-0.3, -0.25) is 9.59 Å². The number of benzene rings is 2. The summed E-state index contributed by atoms with van der Waals surface area (Å²) in [5.74, 6) is -0.740. The second-order valence-electron chi connectivity index (χ2n) is 7.25. The summed E-state index contributed by atoms with van der Waals surface area (Å²) < 4.78 is 27.3. The quantitative estimate of drug-likeness (QED) is 0.706. The van der Waals surface area contributed by atoms with Crippen LogP contribution in [0.5, 0.6) is 0 Å². The molecule has 0 aliphatic carbocycles. The summed E-state index contributed by atoms with van der Waals surface area (Å²) in [4.78, 5) is 25.3. The predicted molar refractivity (Wildman–Crippen MR) is 116 cm³/mol. The molecule has 0 radical (unpaired) electrons. The SMILES string of the molecule is CCCNC(=O)c1ccccc1NC(=O)c1cccc(S(=O)(=O)N2CCCCC2)c1. The van der Waals surface area contributed by atoms with Gasteiger partial charge in [-0.1, -0.05) is 31.5 Å². The molecule has 1 fully saturated rings. The normalized spacial score (nSPS) is 14.8. The zero-order chi connectivity index (χ0) is 21.6. The second kappa shape index (κ2) is 9.86. The third-order valence-electron chi connectivity index (χ3n) is 5.00. The minimum Gasteiger partial charge on any atom is -0.352 e. The molecule has 0 bridgehead atoms. The second-order valence-corrected chi connectivity index (χ2v) is 9.19. The fraction of sp³-hybridized carbons (Fsp3) is 0.364. The van der Waals surface area contributed by atoms with E-state index >= 15 is 0 Å². The van der Waals surface area contributed by atoms with Crippen LogP contribution in [0, 0.1) is 0 Å². The molecule has 0 atom stereocenters. The number of piperidine rings is 1. The molecule has 2 amide bonds. The maximum absolute atomic E-state index is 12.9. The molecule has 30 heavy (non-hydrogen) atoms. The van der Waals surface area contributed by atoms with Crippen LogP contribution >= 0.6 is 0 Å². The number of anilines is 1. The molecule has 0 aromatic heterocycles. The van der Waals surface area contributed by atoms with Gasteiger partial charge in [0.1, 0.15) is 0 Å². The van der Waals surface area contributed by atoms with E-state index in [0.717, 1.165) is 25.7 Å². The molecule has 0 unspecified atom stereocenters. The Balaban J connectivity index is 1.81. The van der Waals surface area contributed by atoms with E-state index in [1.54, 1.807) is 36.4 Å². The zero-order valence-electron chi connectivity index (χ0n) is 17.1. The van der Waals surface area contributed by atoms with Crippen LogP contribution in [0.4, 0.5) is 5.69 Å². The number of carbonyl (C=O) groups is 2. The Morgan fingerprint density at radius 3 is 2.43 bits per heavy atom. The van der Waals surface area contributed by atoms with Crippen molar-refractivity contribution in [2.45, 2.75) is 37.5 Å². The molecule has 8 heteroatoms. The van der Waals surface area contributed by atoms with Gasteiger partial charge < -0.3 is 10.6 Å². The van der Waals surface area contributed by atoms with Gasteiger partial charge in [0.2, 0.25) is 10.0 Å². The molecule has 2 aromatic carbocycles. The number of hydrogen-bond acceptors (Lipinski definition) is 4. The van der Waals surface area contributed by atoms with Crippen molar-refractivity contribution < 1.29 is 18.0 Å². The summed E-state index contributed by atoms with van der Waals surface area (Å²) in [7, 11) is -3.63. The van der Waals surface area contributed by atoms with Crippen LogP contribution in [0.2, 0.25) is 0 Å². The molecule has 2 N–H and O–H groups in total. The lowest BCUT2D eigenvalue weighted by Crippen LogP contribution is -2.35. The molecule has 3 rings (SSSR count). The van der Waals surface area contributed by atoms with E-state index in [9.17, 15) is 18.0 Å². The molecular formula is C22H27N3O4S. The van der Waals surface area contributed by atoms with Crippen LogP contribution in [0.1, 0.15) is 53.3 Å². The van der Waals surface area contributed by atoms with Crippen molar-refractivity contribution in [2.24, 2.45) is 0 Å². The first-order valence-electron chi connectivity index (χ1n) is 10.2. The summed E-state index contributed by atoms with van der Waals surface area (Å²) in [6, 6.07) is 12.7. The van der Waals surface area contributed by atoms with Gasteiger partial charge in [-0.25, -0.2) is 8.42 Å². The first-order chi connectivity index (χ1) is 14.4. The Hall–Kier alpha value is -2.71. The van der Waals surface area contributed by atoms with Crippen LogP contribution < -0.4 is 10.6 Å². The average Bonchev–Trinajstić information content (AvgIpc) is 2.78. The molecule has 1 heterocycles. The van der Waals surface area contributed by atoms with E-state index in [4.69, 9.17) is 0 Å². The van der Waals surface area contributed by atoms with E-state index in [-0.39, 0.29) is 16.4 Å². The van der Waals surface area contributed by atoms with Gasteiger partial charge in [-0.2, -0.15) is 4.31 Å². The topological polar surface area (TPSA) is 95.6 Å².